The molecule has 27 heavy (non-hydrogen) atoms. The molecule has 0 radical (unpaired) electrons. The van der Waals surface area contributed by atoms with Crippen molar-refractivity contribution in [2.24, 2.45) is 4.99 Å². The van der Waals surface area contributed by atoms with E-state index in [1.54, 1.807) is 0 Å². The van der Waals surface area contributed by atoms with Crippen molar-refractivity contribution >= 4 is 41.3 Å². The fourth-order valence-electron chi connectivity index (χ4n) is 3.36. The minimum Gasteiger partial charge on any atom is -0.357 e. The number of hydrogen-bond acceptors (Lipinski definition) is 4. The molecular formula is C20H38IN5S. The van der Waals surface area contributed by atoms with Gasteiger partial charge < -0.3 is 15.5 Å². The van der Waals surface area contributed by atoms with Crippen LogP contribution in [0.3, 0.4) is 0 Å². The third-order valence-corrected chi connectivity index (χ3v) is 6.04. The zero-order valence-electron chi connectivity index (χ0n) is 17.6. The molecule has 2 heterocycles. The van der Waals surface area contributed by atoms with E-state index in [2.05, 4.69) is 67.2 Å². The first kappa shape index (κ1) is 24.7. The molecule has 2 unspecified atom stereocenters. The summed E-state index contributed by atoms with van der Waals surface area (Å²) in [5.74, 6) is 0.937. The van der Waals surface area contributed by atoms with Gasteiger partial charge in [0.2, 0.25) is 0 Å². The van der Waals surface area contributed by atoms with Crippen molar-refractivity contribution in [2.45, 2.75) is 53.1 Å². The average Bonchev–Trinajstić information content (AvgIpc) is 3.04. The Labute approximate surface area is 187 Å². The van der Waals surface area contributed by atoms with E-state index in [0.717, 1.165) is 45.1 Å². The van der Waals surface area contributed by atoms with Crippen LogP contribution in [0.25, 0.3) is 0 Å². The van der Waals surface area contributed by atoms with Crippen LogP contribution in [0.5, 0.6) is 0 Å². The zero-order valence-corrected chi connectivity index (χ0v) is 20.8. The van der Waals surface area contributed by atoms with Crippen molar-refractivity contribution < 1.29 is 0 Å². The van der Waals surface area contributed by atoms with Crippen LogP contribution in [0.2, 0.25) is 0 Å². The summed E-state index contributed by atoms with van der Waals surface area (Å²) in [6.45, 7) is 18.6. The molecule has 0 saturated carbocycles. The number of halogens is 1. The van der Waals surface area contributed by atoms with Gasteiger partial charge in [-0.1, -0.05) is 6.92 Å². The Balaban J connectivity index is 0.00000364. The highest BCUT2D eigenvalue weighted by atomic mass is 127. The summed E-state index contributed by atoms with van der Waals surface area (Å²) in [4.78, 5) is 12.8. The number of aliphatic imine (C=N–C) groups is 1. The van der Waals surface area contributed by atoms with Gasteiger partial charge in [-0.25, -0.2) is 0 Å². The predicted molar refractivity (Wildman–Crippen MR) is 130 cm³/mol. The van der Waals surface area contributed by atoms with E-state index in [1.807, 2.05) is 11.3 Å². The Bertz CT molecular complexity index is 554. The van der Waals surface area contributed by atoms with Crippen LogP contribution in [0.4, 0.5) is 0 Å². The molecule has 0 spiro atoms. The minimum absolute atomic E-state index is 0. The number of nitrogens with one attached hydrogen (secondary N) is 2. The van der Waals surface area contributed by atoms with Gasteiger partial charge >= 0.3 is 0 Å². The van der Waals surface area contributed by atoms with E-state index in [-0.39, 0.29) is 24.0 Å². The molecule has 0 amide bonds. The van der Waals surface area contributed by atoms with Gasteiger partial charge in [-0.05, 0) is 46.4 Å². The Hall–Kier alpha value is -0.380. The average molecular weight is 508 g/mol. The van der Waals surface area contributed by atoms with Gasteiger partial charge in [0.15, 0.2) is 5.96 Å². The minimum atomic E-state index is 0. The molecule has 2 N–H and O–H groups in total. The van der Waals surface area contributed by atoms with Crippen molar-refractivity contribution in [2.75, 3.05) is 45.8 Å². The van der Waals surface area contributed by atoms with Crippen molar-refractivity contribution in [1.29, 1.82) is 0 Å². The molecule has 1 aromatic rings. The summed E-state index contributed by atoms with van der Waals surface area (Å²) in [5.41, 5.74) is 0. The lowest BCUT2D eigenvalue weighted by atomic mass is 10.2. The molecule has 0 aliphatic carbocycles. The maximum Gasteiger partial charge on any atom is 0.191 e. The zero-order chi connectivity index (χ0) is 18.9. The van der Waals surface area contributed by atoms with Gasteiger partial charge in [-0.3, -0.25) is 9.89 Å². The Morgan fingerprint density at radius 1 is 1.19 bits per heavy atom. The summed E-state index contributed by atoms with van der Waals surface area (Å²) in [7, 11) is 0. The van der Waals surface area contributed by atoms with Crippen LogP contribution in [0.1, 0.15) is 37.4 Å². The summed E-state index contributed by atoms with van der Waals surface area (Å²) >= 11 is 1.88. The summed E-state index contributed by atoms with van der Waals surface area (Å²) in [6.07, 6.45) is 1.04. The molecule has 156 valence electrons. The standard InChI is InChI=1S/C20H37N5S.HI/c1-6-21-20(23-16(3)14-19-9-8-18(5)26-19)22-15-17(4)25-12-10-24(7-2)11-13-25;/h8-9,16-17H,6-7,10-15H2,1-5H3,(H2,21,22,23);1H. The third kappa shape index (κ3) is 8.66. The van der Waals surface area contributed by atoms with Crippen LogP contribution < -0.4 is 10.6 Å². The number of nitrogens with zero attached hydrogens (tertiary/aromatic N) is 3. The lowest BCUT2D eigenvalue weighted by molar-refractivity contribution is 0.109. The predicted octanol–water partition coefficient (Wildman–Crippen LogP) is 3.19. The second-order valence-electron chi connectivity index (χ2n) is 7.30. The van der Waals surface area contributed by atoms with Gasteiger partial charge in [0, 0.05) is 61.0 Å². The van der Waals surface area contributed by atoms with Gasteiger partial charge in [-0.2, -0.15) is 0 Å². The quantitative estimate of drug-likeness (QED) is 0.322. The van der Waals surface area contributed by atoms with Crippen LogP contribution in [-0.2, 0) is 6.42 Å². The number of piperazine rings is 1. The third-order valence-electron chi connectivity index (χ3n) is 5.02. The first-order valence-corrected chi connectivity index (χ1v) is 10.9. The number of guanidine groups is 1. The number of aryl methyl sites for hydroxylation is 1. The highest BCUT2D eigenvalue weighted by Crippen LogP contribution is 2.16. The van der Waals surface area contributed by atoms with Crippen molar-refractivity contribution in [1.82, 2.24) is 20.4 Å². The fourth-order valence-corrected chi connectivity index (χ4v) is 4.38. The summed E-state index contributed by atoms with van der Waals surface area (Å²) < 4.78 is 0. The molecule has 1 saturated heterocycles. The van der Waals surface area contributed by atoms with Crippen molar-refractivity contribution in [3.8, 4) is 0 Å². The van der Waals surface area contributed by atoms with Gasteiger partial charge in [0.1, 0.15) is 0 Å². The van der Waals surface area contributed by atoms with Gasteiger partial charge in [0.05, 0.1) is 6.54 Å². The van der Waals surface area contributed by atoms with Crippen LogP contribution in [-0.4, -0.2) is 73.7 Å². The molecule has 1 aliphatic heterocycles. The molecular weight excluding hydrogens is 469 g/mol. The first-order chi connectivity index (χ1) is 12.5. The molecule has 0 bridgehead atoms. The first-order valence-electron chi connectivity index (χ1n) is 10.1. The van der Waals surface area contributed by atoms with E-state index in [9.17, 15) is 0 Å². The molecule has 1 aliphatic rings. The van der Waals surface area contributed by atoms with Crippen molar-refractivity contribution in [3.63, 3.8) is 0 Å². The van der Waals surface area contributed by atoms with Gasteiger partial charge in [0.25, 0.3) is 0 Å². The normalized spacial score (nSPS) is 18.6. The van der Waals surface area contributed by atoms with E-state index in [0.29, 0.717) is 12.1 Å². The Morgan fingerprint density at radius 3 is 2.44 bits per heavy atom. The van der Waals surface area contributed by atoms with Crippen molar-refractivity contribution in [3.05, 3.63) is 21.9 Å². The molecule has 0 aromatic carbocycles. The molecule has 2 atom stereocenters. The second kappa shape index (κ2) is 13.0. The largest absolute Gasteiger partial charge is 0.357 e. The maximum atomic E-state index is 4.86. The number of hydrogen-bond donors (Lipinski definition) is 2. The fraction of sp³-hybridized carbons (Fsp3) is 0.750. The second-order valence-corrected chi connectivity index (χ2v) is 8.67. The SMILES string of the molecule is CCNC(=NCC(C)N1CCN(CC)CC1)NC(C)Cc1ccc(C)s1.I. The lowest BCUT2D eigenvalue weighted by Gasteiger charge is -2.37. The summed E-state index contributed by atoms with van der Waals surface area (Å²) in [5, 5.41) is 6.96. The van der Waals surface area contributed by atoms with E-state index in [1.165, 1.54) is 22.8 Å². The highest BCUT2D eigenvalue weighted by Gasteiger charge is 2.20. The molecule has 1 fully saturated rings. The van der Waals surface area contributed by atoms with Crippen LogP contribution in [0.15, 0.2) is 17.1 Å². The smallest absolute Gasteiger partial charge is 0.191 e. The number of thiophene rings is 1. The molecule has 2 rings (SSSR count). The van der Waals surface area contributed by atoms with Crippen LogP contribution in [0, 0.1) is 6.92 Å². The lowest BCUT2D eigenvalue weighted by Crippen LogP contribution is -2.50. The number of likely N-dealkylation sites (N-methyl/N-ethyl adjacent to an activating group) is 1. The Morgan fingerprint density at radius 2 is 1.89 bits per heavy atom. The van der Waals surface area contributed by atoms with E-state index < -0.39 is 0 Å². The topological polar surface area (TPSA) is 42.9 Å². The summed E-state index contributed by atoms with van der Waals surface area (Å²) in [6, 6.07) is 5.29. The maximum absolute atomic E-state index is 4.86. The van der Waals surface area contributed by atoms with Gasteiger partial charge in [-0.15, -0.1) is 35.3 Å². The highest BCUT2D eigenvalue weighted by molar-refractivity contribution is 14.0. The Kier molecular flexibility index (Phi) is 11.8. The monoisotopic (exact) mass is 507 g/mol. The van der Waals surface area contributed by atoms with Crippen LogP contribution >= 0.6 is 35.3 Å². The van der Waals surface area contributed by atoms with E-state index in [4.69, 9.17) is 4.99 Å². The molecule has 7 heteroatoms. The molecule has 5 nitrogen and oxygen atoms in total. The van der Waals surface area contributed by atoms with E-state index >= 15 is 0 Å². The number of rotatable bonds is 8. The molecule has 1 aromatic heterocycles.